The molecule has 9 heteroatoms. The van der Waals surface area contributed by atoms with E-state index < -0.39 is 10.0 Å². The normalized spacial score (nSPS) is 18.1. The van der Waals surface area contributed by atoms with E-state index in [1.165, 1.54) is 17.5 Å². The van der Waals surface area contributed by atoms with Crippen LogP contribution in [-0.4, -0.2) is 42.9 Å². The van der Waals surface area contributed by atoms with Gasteiger partial charge in [-0.3, -0.25) is 4.68 Å². The topological polar surface area (TPSA) is 86.1 Å². The van der Waals surface area contributed by atoms with Crippen LogP contribution in [0.25, 0.3) is 0 Å². The number of nitrogens with zero attached hydrogens (tertiary/aromatic N) is 3. The summed E-state index contributed by atoms with van der Waals surface area (Å²) in [5, 5.41) is 7.02. The maximum atomic E-state index is 12.4. The number of sulfonamides is 1. The first-order valence-electron chi connectivity index (χ1n) is 7.57. The molecule has 3 rings (SSSR count). The summed E-state index contributed by atoms with van der Waals surface area (Å²) in [4.78, 5) is 4.41. The van der Waals surface area contributed by atoms with E-state index in [-0.39, 0.29) is 16.9 Å². The molecule has 0 aliphatic carbocycles. The Balaban J connectivity index is 1.64. The predicted octanol–water partition coefficient (Wildman–Crippen LogP) is 1.77. The number of rotatable bonds is 6. The van der Waals surface area contributed by atoms with Crippen LogP contribution in [-0.2, 0) is 14.8 Å². The highest BCUT2D eigenvalue weighted by Gasteiger charge is 2.22. The van der Waals surface area contributed by atoms with Crippen molar-refractivity contribution < 1.29 is 13.2 Å². The molecule has 0 unspecified atom stereocenters. The second-order valence-electron chi connectivity index (χ2n) is 5.62. The van der Waals surface area contributed by atoms with E-state index in [2.05, 4.69) is 14.8 Å². The smallest absolute Gasteiger partial charge is 0.243 e. The molecule has 0 aromatic carbocycles. The number of hydrogen-bond donors (Lipinski definition) is 1. The molecule has 1 atom stereocenters. The van der Waals surface area contributed by atoms with Gasteiger partial charge >= 0.3 is 0 Å². The van der Waals surface area contributed by atoms with Gasteiger partial charge < -0.3 is 4.74 Å². The third-order valence-electron chi connectivity index (χ3n) is 3.91. The van der Waals surface area contributed by atoms with Crippen molar-refractivity contribution in [3.05, 3.63) is 29.0 Å². The Hall–Kier alpha value is -1.29. The fourth-order valence-corrected chi connectivity index (χ4v) is 4.26. The molecule has 1 aliphatic heterocycles. The van der Waals surface area contributed by atoms with Gasteiger partial charge in [-0.05, 0) is 12.8 Å². The molecule has 23 heavy (non-hydrogen) atoms. The molecule has 7 nitrogen and oxygen atoms in total. The summed E-state index contributed by atoms with van der Waals surface area (Å²) in [6, 6.07) is 0.210. The first-order valence-corrected chi connectivity index (χ1v) is 9.93. The second kappa shape index (κ2) is 7.08. The van der Waals surface area contributed by atoms with Crippen molar-refractivity contribution in [3.63, 3.8) is 0 Å². The number of ether oxygens (including phenoxy) is 1. The van der Waals surface area contributed by atoms with Gasteiger partial charge in [0.15, 0.2) is 0 Å². The molecular formula is C14H20N4O3S2. The molecule has 0 radical (unpaired) electrons. The van der Waals surface area contributed by atoms with Crippen molar-refractivity contribution in [1.29, 1.82) is 0 Å². The molecule has 2 aromatic rings. The summed E-state index contributed by atoms with van der Waals surface area (Å²) >= 11 is 1.53. The van der Waals surface area contributed by atoms with Crippen LogP contribution in [0, 0.1) is 0 Å². The van der Waals surface area contributed by atoms with Crippen molar-refractivity contribution in [2.45, 2.75) is 36.6 Å². The average molecular weight is 356 g/mol. The van der Waals surface area contributed by atoms with E-state index in [1.54, 1.807) is 17.1 Å². The van der Waals surface area contributed by atoms with Crippen LogP contribution < -0.4 is 4.72 Å². The lowest BCUT2D eigenvalue weighted by Gasteiger charge is -2.22. The molecule has 0 spiro atoms. The highest BCUT2D eigenvalue weighted by atomic mass is 32.2. The molecule has 1 saturated heterocycles. The zero-order valence-corrected chi connectivity index (χ0v) is 14.5. The summed E-state index contributed by atoms with van der Waals surface area (Å²) in [6.07, 6.45) is 6.45. The number of nitrogens with one attached hydrogen (secondary N) is 1. The average Bonchev–Trinajstić information content (AvgIpc) is 3.25. The molecule has 1 N–H and O–H groups in total. The standard InChI is InChI=1S/C14H20N4O3S2/c1-11(14-15-4-7-22-14)8-17-23(19,20)13-9-16-18(10-13)12-2-5-21-6-3-12/h4,7,9-12,17H,2-3,5-6,8H2,1H3/t11-/m1/s1. The summed E-state index contributed by atoms with van der Waals surface area (Å²) in [5.74, 6) is 0.0373. The van der Waals surface area contributed by atoms with Crippen LogP contribution in [0.15, 0.2) is 28.9 Å². The number of thiazole rings is 1. The minimum absolute atomic E-state index is 0.0373. The van der Waals surface area contributed by atoms with E-state index >= 15 is 0 Å². The highest BCUT2D eigenvalue weighted by Crippen LogP contribution is 2.22. The first-order chi connectivity index (χ1) is 11.1. The van der Waals surface area contributed by atoms with Crippen LogP contribution in [0.4, 0.5) is 0 Å². The van der Waals surface area contributed by atoms with Crippen molar-refractivity contribution in [3.8, 4) is 0 Å². The molecule has 1 aliphatic rings. The summed E-state index contributed by atoms with van der Waals surface area (Å²) in [7, 11) is -3.55. The van der Waals surface area contributed by atoms with Crippen molar-refractivity contribution in [1.82, 2.24) is 19.5 Å². The summed E-state index contributed by atoms with van der Waals surface area (Å²) in [6.45, 7) is 3.65. The SMILES string of the molecule is C[C@H](CNS(=O)(=O)c1cnn(C2CCOCC2)c1)c1nccs1. The summed E-state index contributed by atoms with van der Waals surface area (Å²) < 4.78 is 34.5. The quantitative estimate of drug-likeness (QED) is 0.852. The number of hydrogen-bond acceptors (Lipinski definition) is 6. The van der Waals surface area contributed by atoms with Gasteiger partial charge in [-0.1, -0.05) is 6.92 Å². The van der Waals surface area contributed by atoms with Crippen LogP contribution in [0.1, 0.15) is 36.7 Å². The Labute approximate surface area is 139 Å². The van der Waals surface area contributed by atoms with Gasteiger partial charge in [0.25, 0.3) is 0 Å². The highest BCUT2D eigenvalue weighted by molar-refractivity contribution is 7.89. The Kier molecular flexibility index (Phi) is 5.10. The molecule has 1 fully saturated rings. The van der Waals surface area contributed by atoms with Gasteiger partial charge in [0.1, 0.15) is 4.90 Å². The fraction of sp³-hybridized carbons (Fsp3) is 0.571. The van der Waals surface area contributed by atoms with Gasteiger partial charge in [-0.2, -0.15) is 5.10 Å². The van der Waals surface area contributed by atoms with Gasteiger partial charge in [-0.25, -0.2) is 18.1 Å². The van der Waals surface area contributed by atoms with Gasteiger partial charge in [-0.15, -0.1) is 11.3 Å². The Morgan fingerprint density at radius 2 is 2.26 bits per heavy atom. The molecule has 0 bridgehead atoms. The van der Waals surface area contributed by atoms with Crippen molar-refractivity contribution >= 4 is 21.4 Å². The van der Waals surface area contributed by atoms with Crippen LogP contribution >= 0.6 is 11.3 Å². The zero-order chi connectivity index (χ0) is 16.3. The van der Waals surface area contributed by atoms with E-state index in [9.17, 15) is 8.42 Å². The van der Waals surface area contributed by atoms with Crippen LogP contribution in [0.5, 0.6) is 0 Å². The Morgan fingerprint density at radius 3 is 2.96 bits per heavy atom. The minimum atomic E-state index is -3.55. The minimum Gasteiger partial charge on any atom is -0.381 e. The van der Waals surface area contributed by atoms with E-state index in [0.29, 0.717) is 19.8 Å². The van der Waals surface area contributed by atoms with Crippen LogP contribution in [0.3, 0.4) is 0 Å². The largest absolute Gasteiger partial charge is 0.381 e. The Bertz CT molecular complexity index is 721. The van der Waals surface area contributed by atoms with Gasteiger partial charge in [0.2, 0.25) is 10.0 Å². The van der Waals surface area contributed by atoms with E-state index in [0.717, 1.165) is 17.8 Å². The molecule has 3 heterocycles. The third kappa shape index (κ3) is 3.97. The Morgan fingerprint density at radius 1 is 1.48 bits per heavy atom. The van der Waals surface area contributed by atoms with Crippen molar-refractivity contribution in [2.24, 2.45) is 0 Å². The maximum absolute atomic E-state index is 12.4. The summed E-state index contributed by atoms with van der Waals surface area (Å²) in [5.41, 5.74) is 0. The molecule has 126 valence electrons. The molecular weight excluding hydrogens is 336 g/mol. The van der Waals surface area contributed by atoms with Gasteiger partial charge in [0, 0.05) is 43.5 Å². The third-order valence-corrected chi connectivity index (χ3v) is 6.29. The lowest BCUT2D eigenvalue weighted by molar-refractivity contribution is 0.0662. The predicted molar refractivity (Wildman–Crippen MR) is 87.0 cm³/mol. The van der Waals surface area contributed by atoms with Crippen molar-refractivity contribution in [2.75, 3.05) is 19.8 Å². The van der Waals surface area contributed by atoms with Gasteiger partial charge in [0.05, 0.1) is 17.2 Å². The lowest BCUT2D eigenvalue weighted by Crippen LogP contribution is -2.27. The first kappa shape index (κ1) is 16.6. The van der Waals surface area contributed by atoms with E-state index in [4.69, 9.17) is 4.74 Å². The van der Waals surface area contributed by atoms with E-state index in [1.807, 2.05) is 12.3 Å². The zero-order valence-electron chi connectivity index (χ0n) is 12.9. The molecule has 0 saturated carbocycles. The maximum Gasteiger partial charge on any atom is 0.243 e. The number of aromatic nitrogens is 3. The fourth-order valence-electron chi connectivity index (χ4n) is 2.49. The molecule has 2 aromatic heterocycles. The monoisotopic (exact) mass is 356 g/mol. The van der Waals surface area contributed by atoms with Crippen LogP contribution in [0.2, 0.25) is 0 Å². The second-order valence-corrected chi connectivity index (χ2v) is 8.32. The molecule has 0 amide bonds. The lowest BCUT2D eigenvalue weighted by atomic mass is 10.1.